The summed E-state index contributed by atoms with van der Waals surface area (Å²) in [6.45, 7) is 7.90. The molecule has 1 aromatic heterocycles. The maximum Gasteiger partial charge on any atom is 0.191 e. The van der Waals surface area contributed by atoms with Gasteiger partial charge in [-0.3, -0.25) is 0 Å². The van der Waals surface area contributed by atoms with Gasteiger partial charge in [-0.2, -0.15) is 0 Å². The molecule has 0 aliphatic rings. The van der Waals surface area contributed by atoms with Crippen LogP contribution >= 0.6 is 35.3 Å². The standard InChI is InChI=1S/C13H24N4O2S2.HI/c1-5-14-13(15-7-6-8-21(4,18)19)16-9-12-17-10(2)11(3)20-12;/h5-9H2,1-4H3,(H2,14,15,16);1H. The number of aryl methyl sites for hydroxylation is 2. The zero-order valence-corrected chi connectivity index (χ0v) is 17.4. The van der Waals surface area contributed by atoms with Crippen molar-refractivity contribution in [3.8, 4) is 0 Å². The van der Waals surface area contributed by atoms with Gasteiger partial charge in [-0.15, -0.1) is 35.3 Å². The molecule has 1 rings (SSSR count). The van der Waals surface area contributed by atoms with Crippen LogP contribution in [0, 0.1) is 13.8 Å². The highest BCUT2D eigenvalue weighted by molar-refractivity contribution is 14.0. The van der Waals surface area contributed by atoms with Crippen LogP contribution in [0.5, 0.6) is 0 Å². The van der Waals surface area contributed by atoms with Crippen molar-refractivity contribution in [2.24, 2.45) is 4.99 Å². The first-order valence-corrected chi connectivity index (χ1v) is 9.82. The van der Waals surface area contributed by atoms with Crippen LogP contribution in [0.4, 0.5) is 0 Å². The number of nitrogens with zero attached hydrogens (tertiary/aromatic N) is 2. The Morgan fingerprint density at radius 2 is 2.00 bits per heavy atom. The van der Waals surface area contributed by atoms with Gasteiger partial charge in [0.25, 0.3) is 0 Å². The van der Waals surface area contributed by atoms with E-state index in [9.17, 15) is 8.42 Å². The van der Waals surface area contributed by atoms with Gasteiger partial charge >= 0.3 is 0 Å². The van der Waals surface area contributed by atoms with Gasteiger partial charge in [-0.05, 0) is 27.2 Å². The summed E-state index contributed by atoms with van der Waals surface area (Å²) in [5, 5.41) is 7.26. The average molecular weight is 460 g/mol. The van der Waals surface area contributed by atoms with Crippen LogP contribution in [0.3, 0.4) is 0 Å². The lowest BCUT2D eigenvalue weighted by Gasteiger charge is -2.10. The molecule has 0 fully saturated rings. The first-order chi connectivity index (χ1) is 9.81. The summed E-state index contributed by atoms with van der Waals surface area (Å²) in [6, 6.07) is 0. The average Bonchev–Trinajstić information content (AvgIpc) is 2.70. The molecule has 6 nitrogen and oxygen atoms in total. The van der Waals surface area contributed by atoms with Gasteiger partial charge < -0.3 is 10.6 Å². The molecule has 0 saturated heterocycles. The minimum atomic E-state index is -2.90. The molecule has 0 aliphatic carbocycles. The topological polar surface area (TPSA) is 83.4 Å². The van der Waals surface area contributed by atoms with Gasteiger partial charge in [0.05, 0.1) is 18.0 Å². The van der Waals surface area contributed by atoms with E-state index >= 15 is 0 Å². The summed E-state index contributed by atoms with van der Waals surface area (Å²) in [6.07, 6.45) is 1.82. The van der Waals surface area contributed by atoms with Gasteiger partial charge in [0.15, 0.2) is 5.96 Å². The SMILES string of the molecule is CCNC(=NCc1nc(C)c(C)s1)NCCCS(C)(=O)=O.I. The lowest BCUT2D eigenvalue weighted by molar-refractivity contribution is 0.598. The number of guanidine groups is 1. The number of hydrogen-bond acceptors (Lipinski definition) is 5. The maximum atomic E-state index is 11.1. The predicted octanol–water partition coefficient (Wildman–Crippen LogP) is 1.87. The minimum absolute atomic E-state index is 0. The summed E-state index contributed by atoms with van der Waals surface area (Å²) in [5.41, 5.74) is 1.05. The summed E-state index contributed by atoms with van der Waals surface area (Å²) in [7, 11) is -2.90. The monoisotopic (exact) mass is 460 g/mol. The number of thiazole rings is 1. The molecule has 0 atom stereocenters. The Morgan fingerprint density at radius 1 is 1.32 bits per heavy atom. The lowest BCUT2D eigenvalue weighted by Crippen LogP contribution is -2.38. The zero-order chi connectivity index (χ0) is 15.9. The molecular formula is C13H25IN4O2S2. The van der Waals surface area contributed by atoms with Crippen molar-refractivity contribution in [1.82, 2.24) is 15.6 Å². The molecule has 1 heterocycles. The third kappa shape index (κ3) is 8.89. The van der Waals surface area contributed by atoms with Crippen molar-refractivity contribution >= 4 is 51.1 Å². The van der Waals surface area contributed by atoms with Gasteiger partial charge in [0, 0.05) is 24.2 Å². The molecule has 0 bridgehead atoms. The number of halogens is 1. The van der Waals surface area contributed by atoms with Crippen molar-refractivity contribution in [3.05, 3.63) is 15.6 Å². The second-order valence-corrected chi connectivity index (χ2v) is 8.40. The summed E-state index contributed by atoms with van der Waals surface area (Å²) < 4.78 is 22.1. The van der Waals surface area contributed by atoms with Crippen LogP contribution < -0.4 is 10.6 Å². The van der Waals surface area contributed by atoms with Gasteiger partial charge in [0.1, 0.15) is 14.8 Å². The van der Waals surface area contributed by atoms with Crippen LogP contribution in [-0.2, 0) is 16.4 Å². The van der Waals surface area contributed by atoms with Gasteiger partial charge in [-0.25, -0.2) is 18.4 Å². The molecule has 0 spiro atoms. The number of hydrogen-bond donors (Lipinski definition) is 2. The van der Waals surface area contributed by atoms with E-state index in [1.807, 2.05) is 13.8 Å². The molecule has 9 heteroatoms. The van der Waals surface area contributed by atoms with Crippen molar-refractivity contribution in [1.29, 1.82) is 0 Å². The molecule has 0 unspecified atom stereocenters. The van der Waals surface area contributed by atoms with Gasteiger partial charge in [-0.1, -0.05) is 0 Å². The third-order valence-electron chi connectivity index (χ3n) is 2.77. The molecule has 0 saturated carbocycles. The molecule has 2 N–H and O–H groups in total. The molecule has 1 aromatic rings. The maximum absolute atomic E-state index is 11.1. The van der Waals surface area contributed by atoms with Crippen LogP contribution in [0.2, 0.25) is 0 Å². The highest BCUT2D eigenvalue weighted by Gasteiger charge is 2.05. The van der Waals surface area contributed by atoms with E-state index in [0.717, 1.165) is 17.2 Å². The van der Waals surface area contributed by atoms with Gasteiger partial charge in [0.2, 0.25) is 0 Å². The molecule has 0 radical (unpaired) electrons. The number of nitrogens with one attached hydrogen (secondary N) is 2. The number of rotatable bonds is 7. The van der Waals surface area contributed by atoms with E-state index in [0.29, 0.717) is 25.5 Å². The highest BCUT2D eigenvalue weighted by Crippen LogP contribution is 2.16. The van der Waals surface area contributed by atoms with E-state index in [1.165, 1.54) is 11.1 Å². The van der Waals surface area contributed by atoms with Crippen LogP contribution in [0.15, 0.2) is 4.99 Å². The number of sulfone groups is 1. The summed E-state index contributed by atoms with van der Waals surface area (Å²) >= 11 is 1.65. The number of aliphatic imine (C=N–C) groups is 1. The predicted molar refractivity (Wildman–Crippen MR) is 104 cm³/mol. The molecule has 22 heavy (non-hydrogen) atoms. The lowest BCUT2D eigenvalue weighted by atomic mass is 10.4. The smallest absolute Gasteiger partial charge is 0.191 e. The van der Waals surface area contributed by atoms with E-state index in [4.69, 9.17) is 0 Å². The van der Waals surface area contributed by atoms with E-state index < -0.39 is 9.84 Å². The Kier molecular flexibility index (Phi) is 10.2. The fourth-order valence-corrected chi connectivity index (χ4v) is 3.16. The molecule has 0 aliphatic heterocycles. The Balaban J connectivity index is 0.00000441. The van der Waals surface area contributed by atoms with Crippen LogP contribution in [0.1, 0.15) is 28.9 Å². The van der Waals surface area contributed by atoms with Crippen LogP contribution in [0.25, 0.3) is 0 Å². The van der Waals surface area contributed by atoms with Crippen molar-refractivity contribution < 1.29 is 8.42 Å². The fraction of sp³-hybridized carbons (Fsp3) is 0.692. The Bertz CT molecular complexity index is 565. The second-order valence-electron chi connectivity index (χ2n) is 4.85. The van der Waals surface area contributed by atoms with Crippen molar-refractivity contribution in [2.75, 3.05) is 25.1 Å². The molecule has 128 valence electrons. The minimum Gasteiger partial charge on any atom is -0.357 e. The first-order valence-electron chi connectivity index (χ1n) is 6.94. The fourth-order valence-electron chi connectivity index (χ4n) is 1.64. The molecule has 0 aromatic carbocycles. The quantitative estimate of drug-likeness (QED) is 0.281. The first kappa shape index (κ1) is 21.6. The highest BCUT2D eigenvalue weighted by atomic mass is 127. The largest absolute Gasteiger partial charge is 0.357 e. The Hall–Kier alpha value is -0.420. The van der Waals surface area contributed by atoms with Crippen molar-refractivity contribution in [2.45, 2.75) is 33.7 Å². The second kappa shape index (κ2) is 10.4. The van der Waals surface area contributed by atoms with E-state index in [1.54, 1.807) is 11.3 Å². The van der Waals surface area contributed by atoms with E-state index in [2.05, 4.69) is 27.5 Å². The zero-order valence-electron chi connectivity index (χ0n) is 13.5. The van der Waals surface area contributed by atoms with Crippen molar-refractivity contribution in [3.63, 3.8) is 0 Å². The summed E-state index contributed by atoms with van der Waals surface area (Å²) in [5.74, 6) is 0.876. The summed E-state index contributed by atoms with van der Waals surface area (Å²) in [4.78, 5) is 10.1. The Morgan fingerprint density at radius 3 is 2.50 bits per heavy atom. The molecule has 0 amide bonds. The third-order valence-corrected chi connectivity index (χ3v) is 4.86. The molecular weight excluding hydrogens is 435 g/mol. The normalized spacial score (nSPS) is 11.9. The van der Waals surface area contributed by atoms with E-state index in [-0.39, 0.29) is 29.7 Å². The Labute approximate surface area is 154 Å². The number of aromatic nitrogens is 1. The van der Waals surface area contributed by atoms with Crippen LogP contribution in [-0.4, -0.2) is 44.5 Å².